The van der Waals surface area contributed by atoms with E-state index in [9.17, 15) is 37.9 Å². The number of imide groups is 2. The number of hydrogen-bond acceptors (Lipinski definition) is 8. The largest absolute Gasteiger partial charge is 0.508 e. The maximum atomic E-state index is 16.0. The molecule has 58 heavy (non-hydrogen) atoms. The lowest BCUT2D eigenvalue weighted by Gasteiger charge is -2.53. The molecule has 0 bridgehead atoms. The summed E-state index contributed by atoms with van der Waals surface area (Å²) in [6, 6.07) is 7.25. The van der Waals surface area contributed by atoms with Gasteiger partial charge in [-0.05, 0) is 110 Å². The standard InChI is InChI=1S/C43H43F4N5O6/c1-22-10-24-11-28(53)2-3-29(24)38(51(22)19-35(46)47)37-32(44)14-25(15-33(37)45)40(56)50-20-43(21-50)8-6-23(7-9-43)16-49-17-26-12-30-31(13-27(26)18-49)42(58)52(41(30)57)34-4-5-36(54)48-39(34)55/h2-3,11-15,22-23,34-35,38,53H,4-10,16-21H2,1H3,(H,48,54,55)/t22-,34?,38+/m1/s1. The van der Waals surface area contributed by atoms with Crippen LogP contribution in [0.2, 0.25) is 0 Å². The van der Waals surface area contributed by atoms with Crippen LogP contribution in [0.3, 0.4) is 0 Å². The van der Waals surface area contributed by atoms with Gasteiger partial charge in [0.25, 0.3) is 24.1 Å². The number of phenolic OH excluding ortho intramolecular Hbond substituents is 1. The van der Waals surface area contributed by atoms with Crippen LogP contribution in [-0.4, -0.2) is 98.9 Å². The Bertz CT molecular complexity index is 2200. The van der Waals surface area contributed by atoms with Crippen LogP contribution in [0, 0.1) is 23.0 Å². The van der Waals surface area contributed by atoms with Crippen LogP contribution in [0.4, 0.5) is 17.6 Å². The van der Waals surface area contributed by atoms with Crippen LogP contribution in [0.25, 0.3) is 0 Å². The van der Waals surface area contributed by atoms with Gasteiger partial charge in [0.2, 0.25) is 11.8 Å². The second-order valence-electron chi connectivity index (χ2n) is 17.2. The average Bonchev–Trinajstić information content (AvgIpc) is 3.66. The molecule has 15 heteroatoms. The minimum atomic E-state index is -2.74. The zero-order valence-electron chi connectivity index (χ0n) is 31.9. The number of hydrogen-bond donors (Lipinski definition) is 2. The number of halogens is 4. The van der Waals surface area contributed by atoms with Crippen LogP contribution >= 0.6 is 0 Å². The van der Waals surface area contributed by atoms with Crippen LogP contribution in [-0.2, 0) is 29.1 Å². The second-order valence-corrected chi connectivity index (χ2v) is 17.2. The molecule has 3 atom stereocenters. The highest BCUT2D eigenvalue weighted by Gasteiger charge is 2.49. The van der Waals surface area contributed by atoms with E-state index in [1.165, 1.54) is 23.1 Å². The first-order chi connectivity index (χ1) is 27.7. The van der Waals surface area contributed by atoms with Gasteiger partial charge in [-0.2, -0.15) is 0 Å². The van der Waals surface area contributed by atoms with E-state index < -0.39 is 77.8 Å². The van der Waals surface area contributed by atoms with Crippen LogP contribution in [0.5, 0.6) is 5.75 Å². The van der Waals surface area contributed by atoms with Crippen LogP contribution < -0.4 is 5.32 Å². The lowest BCUT2D eigenvalue weighted by molar-refractivity contribution is -0.136. The van der Waals surface area contributed by atoms with Crippen molar-refractivity contribution in [3.63, 3.8) is 0 Å². The minimum Gasteiger partial charge on any atom is -0.508 e. The molecule has 6 aliphatic rings. The maximum absolute atomic E-state index is 16.0. The second kappa shape index (κ2) is 14.3. The fourth-order valence-electron chi connectivity index (χ4n) is 10.5. The van der Waals surface area contributed by atoms with Gasteiger partial charge in [-0.1, -0.05) is 6.07 Å². The molecule has 304 valence electrons. The van der Waals surface area contributed by atoms with Crippen molar-refractivity contribution in [1.82, 2.24) is 24.9 Å². The highest BCUT2D eigenvalue weighted by molar-refractivity contribution is 6.23. The Kier molecular flexibility index (Phi) is 9.46. The van der Waals surface area contributed by atoms with Crippen molar-refractivity contribution in [2.45, 2.75) is 89.5 Å². The number of piperidine rings is 1. The zero-order valence-corrected chi connectivity index (χ0v) is 31.9. The van der Waals surface area contributed by atoms with Gasteiger partial charge in [-0.25, -0.2) is 17.6 Å². The van der Waals surface area contributed by atoms with Gasteiger partial charge >= 0.3 is 0 Å². The van der Waals surface area contributed by atoms with Gasteiger partial charge in [0.1, 0.15) is 23.4 Å². The van der Waals surface area contributed by atoms with Crippen molar-refractivity contribution in [3.8, 4) is 5.75 Å². The first-order valence-electron chi connectivity index (χ1n) is 19.9. The number of phenols is 1. The fourth-order valence-corrected chi connectivity index (χ4v) is 10.5. The third kappa shape index (κ3) is 6.55. The van der Waals surface area contributed by atoms with E-state index in [1.54, 1.807) is 24.0 Å². The number of likely N-dealkylation sites (tertiary alicyclic amines) is 1. The van der Waals surface area contributed by atoms with E-state index in [0.717, 1.165) is 60.4 Å². The summed E-state index contributed by atoms with van der Waals surface area (Å²) < 4.78 is 59.4. The summed E-state index contributed by atoms with van der Waals surface area (Å²) in [6.07, 6.45) is 1.41. The molecule has 5 amide bonds. The number of nitrogens with zero attached hydrogens (tertiary/aromatic N) is 4. The first-order valence-corrected chi connectivity index (χ1v) is 19.9. The molecule has 11 nitrogen and oxygen atoms in total. The number of amides is 5. The molecule has 2 saturated heterocycles. The molecule has 3 aromatic rings. The minimum absolute atomic E-state index is 0.0294. The monoisotopic (exact) mass is 801 g/mol. The van der Waals surface area contributed by atoms with Crippen molar-refractivity contribution >= 4 is 29.5 Å². The van der Waals surface area contributed by atoms with E-state index in [0.29, 0.717) is 49.6 Å². The van der Waals surface area contributed by atoms with Gasteiger partial charge in [0.05, 0.1) is 23.7 Å². The molecule has 5 heterocycles. The van der Waals surface area contributed by atoms with Crippen molar-refractivity contribution < 1.29 is 46.6 Å². The smallest absolute Gasteiger partial charge is 0.262 e. The Morgan fingerprint density at radius 1 is 0.897 bits per heavy atom. The maximum Gasteiger partial charge on any atom is 0.262 e. The average molecular weight is 802 g/mol. The Hall–Kier alpha value is -5.15. The third-order valence-electron chi connectivity index (χ3n) is 13.4. The number of aromatic hydroxyl groups is 1. The summed E-state index contributed by atoms with van der Waals surface area (Å²) in [5, 5.41) is 12.3. The van der Waals surface area contributed by atoms with Crippen LogP contribution in [0.1, 0.15) is 110 Å². The Labute approximate surface area is 331 Å². The molecular weight excluding hydrogens is 758 g/mol. The van der Waals surface area contributed by atoms with Crippen molar-refractivity contribution in [1.29, 1.82) is 0 Å². The molecule has 1 spiro atoms. The zero-order chi connectivity index (χ0) is 40.8. The summed E-state index contributed by atoms with van der Waals surface area (Å²) in [6.45, 7) is 4.03. The number of fused-ring (bicyclic) bond motifs is 3. The van der Waals surface area contributed by atoms with Gasteiger partial charge in [0.15, 0.2) is 0 Å². The van der Waals surface area contributed by atoms with E-state index in [-0.39, 0.29) is 40.7 Å². The summed E-state index contributed by atoms with van der Waals surface area (Å²) in [5.41, 5.74) is 2.93. The predicted octanol–water partition coefficient (Wildman–Crippen LogP) is 5.32. The topological polar surface area (TPSA) is 131 Å². The molecule has 1 unspecified atom stereocenters. The lowest BCUT2D eigenvalue weighted by atomic mass is 9.65. The molecule has 9 rings (SSSR count). The Morgan fingerprint density at radius 2 is 1.53 bits per heavy atom. The highest BCUT2D eigenvalue weighted by atomic mass is 19.3. The number of alkyl halides is 2. The Balaban J connectivity index is 0.809. The SMILES string of the molecule is C[C@@H]1Cc2cc(O)ccc2[C@@H](c2c(F)cc(C(=O)N3CC4(CCC(CN5Cc6cc7c(cc6C5)C(=O)N(C5CCC(=O)NC5=O)C7=O)CC4)C3)cc2F)N1CC(F)F. The first kappa shape index (κ1) is 38.4. The van der Waals surface area contributed by atoms with E-state index in [2.05, 4.69) is 10.2 Å². The van der Waals surface area contributed by atoms with Crippen molar-refractivity contribution in [2.75, 3.05) is 26.2 Å². The lowest BCUT2D eigenvalue weighted by Crippen LogP contribution is -2.59. The number of rotatable bonds is 7. The van der Waals surface area contributed by atoms with Crippen LogP contribution in [0.15, 0.2) is 42.5 Å². The summed E-state index contributed by atoms with van der Waals surface area (Å²) in [4.78, 5) is 70.5. The van der Waals surface area contributed by atoms with Crippen molar-refractivity contribution in [3.05, 3.63) is 98.6 Å². The molecule has 0 radical (unpaired) electrons. The molecule has 2 N–H and O–H groups in total. The van der Waals surface area contributed by atoms with E-state index in [1.807, 2.05) is 0 Å². The normalized spacial score (nSPS) is 24.6. The summed E-state index contributed by atoms with van der Waals surface area (Å²) in [7, 11) is 0. The van der Waals surface area contributed by atoms with Gasteiger partial charge in [-0.3, -0.25) is 44.0 Å². The third-order valence-corrected chi connectivity index (χ3v) is 13.4. The molecular formula is C43H43F4N5O6. The summed E-state index contributed by atoms with van der Waals surface area (Å²) >= 11 is 0. The van der Waals surface area contributed by atoms with Gasteiger partial charge in [-0.15, -0.1) is 0 Å². The predicted molar refractivity (Wildman–Crippen MR) is 200 cm³/mol. The van der Waals surface area contributed by atoms with Gasteiger partial charge < -0.3 is 10.0 Å². The molecule has 1 aliphatic carbocycles. The fraction of sp³-hybridized carbons (Fsp3) is 0.465. The Morgan fingerprint density at radius 3 is 2.14 bits per heavy atom. The summed E-state index contributed by atoms with van der Waals surface area (Å²) in [5.74, 6) is -4.18. The molecule has 3 fully saturated rings. The quantitative estimate of drug-likeness (QED) is 0.243. The van der Waals surface area contributed by atoms with E-state index >= 15 is 8.78 Å². The number of nitrogens with one attached hydrogen (secondary N) is 1. The molecule has 5 aliphatic heterocycles. The van der Waals surface area contributed by atoms with E-state index in [4.69, 9.17) is 0 Å². The highest BCUT2D eigenvalue weighted by Crippen LogP contribution is 2.47. The molecule has 0 aromatic heterocycles. The number of carbonyl (C=O) groups is 5. The molecule has 1 saturated carbocycles. The van der Waals surface area contributed by atoms with Gasteiger partial charge in [0, 0.05) is 61.7 Å². The number of carbonyl (C=O) groups excluding carboxylic acids is 5. The van der Waals surface area contributed by atoms with Crippen molar-refractivity contribution in [2.24, 2.45) is 11.3 Å². The number of benzene rings is 3. The molecule has 3 aromatic carbocycles.